The second-order valence-electron chi connectivity index (χ2n) is 6.99. The SMILES string of the molecule is Cl.Cl.O=C(NCCc1nc2ccc(F)cc2[nH]1)C1CC2CCCCC2N1. The third-order valence-electron chi connectivity index (χ3n) is 5.33. The van der Waals surface area contributed by atoms with Gasteiger partial charge < -0.3 is 15.6 Å². The summed E-state index contributed by atoms with van der Waals surface area (Å²) in [5.74, 6) is 1.25. The molecular weight excluding hydrogens is 378 g/mol. The summed E-state index contributed by atoms with van der Waals surface area (Å²) in [4.78, 5) is 19.9. The second-order valence-corrected chi connectivity index (χ2v) is 6.99. The van der Waals surface area contributed by atoms with Crippen molar-refractivity contribution in [3.05, 3.63) is 29.8 Å². The number of amides is 1. The van der Waals surface area contributed by atoms with Crippen LogP contribution in [-0.4, -0.2) is 34.5 Å². The molecule has 4 rings (SSSR count). The Balaban J connectivity index is 0.00000121. The maximum atomic E-state index is 13.2. The molecule has 0 bridgehead atoms. The molecule has 1 saturated heterocycles. The van der Waals surface area contributed by atoms with Gasteiger partial charge in [-0.1, -0.05) is 12.8 Å². The van der Waals surface area contributed by atoms with Crippen molar-refractivity contribution < 1.29 is 9.18 Å². The van der Waals surface area contributed by atoms with E-state index in [4.69, 9.17) is 0 Å². The van der Waals surface area contributed by atoms with Crippen LogP contribution in [0.1, 0.15) is 37.9 Å². The first-order valence-corrected chi connectivity index (χ1v) is 8.87. The van der Waals surface area contributed by atoms with E-state index >= 15 is 0 Å². The van der Waals surface area contributed by atoms with Gasteiger partial charge in [-0.2, -0.15) is 0 Å². The van der Waals surface area contributed by atoms with Crippen molar-refractivity contribution in [3.63, 3.8) is 0 Å². The molecule has 1 aromatic carbocycles. The predicted molar refractivity (Wildman–Crippen MR) is 105 cm³/mol. The number of imidazole rings is 1. The van der Waals surface area contributed by atoms with E-state index in [1.165, 1.54) is 37.8 Å². The topological polar surface area (TPSA) is 69.8 Å². The minimum atomic E-state index is -0.278. The lowest BCUT2D eigenvalue weighted by Gasteiger charge is -2.24. The highest BCUT2D eigenvalue weighted by Crippen LogP contribution is 2.33. The normalized spacial score (nSPS) is 24.4. The zero-order valence-electron chi connectivity index (χ0n) is 14.5. The van der Waals surface area contributed by atoms with Crippen LogP contribution in [0.2, 0.25) is 0 Å². The van der Waals surface area contributed by atoms with Crippen LogP contribution in [0.5, 0.6) is 0 Å². The fourth-order valence-electron chi connectivity index (χ4n) is 4.10. The Hall–Kier alpha value is -1.37. The van der Waals surface area contributed by atoms with Gasteiger partial charge >= 0.3 is 0 Å². The number of H-pyrrole nitrogens is 1. The molecule has 5 nitrogen and oxygen atoms in total. The summed E-state index contributed by atoms with van der Waals surface area (Å²) in [7, 11) is 0. The van der Waals surface area contributed by atoms with E-state index in [0.29, 0.717) is 30.4 Å². The first-order chi connectivity index (χ1) is 11.7. The number of carbonyl (C=O) groups is 1. The minimum Gasteiger partial charge on any atom is -0.354 e. The molecule has 3 atom stereocenters. The molecule has 2 aromatic rings. The van der Waals surface area contributed by atoms with Crippen LogP contribution < -0.4 is 10.6 Å². The second kappa shape index (κ2) is 9.02. The third-order valence-corrected chi connectivity index (χ3v) is 5.33. The highest BCUT2D eigenvalue weighted by molar-refractivity contribution is 5.85. The van der Waals surface area contributed by atoms with Crippen LogP contribution in [0.4, 0.5) is 4.39 Å². The van der Waals surface area contributed by atoms with Crippen molar-refractivity contribution in [2.45, 2.75) is 50.6 Å². The van der Waals surface area contributed by atoms with Crippen molar-refractivity contribution in [3.8, 4) is 0 Å². The molecule has 0 radical (unpaired) electrons. The van der Waals surface area contributed by atoms with Gasteiger partial charge in [0.15, 0.2) is 0 Å². The highest BCUT2D eigenvalue weighted by Gasteiger charge is 2.37. The molecule has 1 aliphatic heterocycles. The van der Waals surface area contributed by atoms with E-state index in [0.717, 1.165) is 17.8 Å². The maximum Gasteiger partial charge on any atom is 0.237 e. The van der Waals surface area contributed by atoms with Crippen LogP contribution in [0.15, 0.2) is 18.2 Å². The van der Waals surface area contributed by atoms with Crippen molar-refractivity contribution in [1.29, 1.82) is 0 Å². The zero-order chi connectivity index (χ0) is 16.5. The number of benzene rings is 1. The number of nitrogens with one attached hydrogen (secondary N) is 3. The maximum absolute atomic E-state index is 13.2. The van der Waals surface area contributed by atoms with Crippen molar-refractivity contribution >= 4 is 41.8 Å². The van der Waals surface area contributed by atoms with E-state index in [9.17, 15) is 9.18 Å². The molecule has 2 aliphatic rings. The number of halogens is 3. The van der Waals surface area contributed by atoms with Gasteiger partial charge in [0, 0.05) is 19.0 Å². The summed E-state index contributed by atoms with van der Waals surface area (Å²) in [6.07, 6.45) is 6.59. The van der Waals surface area contributed by atoms with Crippen molar-refractivity contribution in [2.24, 2.45) is 5.92 Å². The fraction of sp³-hybridized carbons (Fsp3) is 0.556. The standard InChI is InChI=1S/C18H23FN4O.2ClH/c19-12-5-6-14-15(10-12)23-17(22-14)7-8-20-18(24)16-9-11-3-1-2-4-13(11)21-16;;/h5-6,10-11,13,16,21H,1-4,7-9H2,(H,20,24)(H,22,23);2*1H. The molecule has 8 heteroatoms. The average Bonchev–Trinajstić information content (AvgIpc) is 3.17. The van der Waals surface area contributed by atoms with E-state index in [1.807, 2.05) is 0 Å². The van der Waals surface area contributed by atoms with Crippen LogP contribution in [-0.2, 0) is 11.2 Å². The van der Waals surface area contributed by atoms with Gasteiger partial charge in [-0.3, -0.25) is 4.79 Å². The van der Waals surface area contributed by atoms with Gasteiger partial charge in [-0.05, 0) is 43.4 Å². The first-order valence-electron chi connectivity index (χ1n) is 8.87. The molecular formula is C18H25Cl2FN4O. The lowest BCUT2D eigenvalue weighted by atomic mass is 9.85. The number of rotatable bonds is 4. The lowest BCUT2D eigenvalue weighted by Crippen LogP contribution is -2.43. The Kier molecular flexibility index (Phi) is 7.26. The Labute approximate surface area is 164 Å². The van der Waals surface area contributed by atoms with E-state index in [2.05, 4.69) is 20.6 Å². The van der Waals surface area contributed by atoms with Gasteiger partial charge in [0.05, 0.1) is 17.1 Å². The number of fused-ring (bicyclic) bond motifs is 2. The van der Waals surface area contributed by atoms with Crippen LogP contribution >= 0.6 is 24.8 Å². The van der Waals surface area contributed by atoms with Gasteiger partial charge in [0.25, 0.3) is 0 Å². The monoisotopic (exact) mass is 402 g/mol. The van der Waals surface area contributed by atoms with Gasteiger partial charge in [0.1, 0.15) is 11.6 Å². The van der Waals surface area contributed by atoms with Crippen molar-refractivity contribution in [1.82, 2.24) is 20.6 Å². The summed E-state index contributed by atoms with van der Waals surface area (Å²) >= 11 is 0. The fourth-order valence-corrected chi connectivity index (χ4v) is 4.10. The number of hydrogen-bond acceptors (Lipinski definition) is 3. The van der Waals surface area contributed by atoms with Gasteiger partial charge in [0.2, 0.25) is 5.91 Å². The highest BCUT2D eigenvalue weighted by atomic mass is 35.5. The van der Waals surface area contributed by atoms with Crippen LogP contribution in [0.3, 0.4) is 0 Å². The summed E-state index contributed by atoms with van der Waals surface area (Å²) in [6, 6.07) is 4.98. The Bertz CT molecular complexity index is 740. The molecule has 1 saturated carbocycles. The Morgan fingerprint density at radius 3 is 2.88 bits per heavy atom. The number of nitrogens with zero attached hydrogens (tertiary/aromatic N) is 1. The van der Waals surface area contributed by atoms with E-state index in [1.54, 1.807) is 6.07 Å². The Morgan fingerprint density at radius 1 is 1.27 bits per heavy atom. The molecule has 1 aliphatic carbocycles. The zero-order valence-corrected chi connectivity index (χ0v) is 16.1. The molecule has 0 spiro atoms. The third kappa shape index (κ3) is 4.48. The summed E-state index contributed by atoms with van der Waals surface area (Å²) in [5.41, 5.74) is 1.44. The summed E-state index contributed by atoms with van der Waals surface area (Å²) in [5, 5.41) is 6.49. The molecule has 3 N–H and O–H groups in total. The number of carbonyl (C=O) groups excluding carboxylic acids is 1. The quantitative estimate of drug-likeness (QED) is 0.735. The molecule has 2 fully saturated rings. The smallest absolute Gasteiger partial charge is 0.237 e. The molecule has 144 valence electrons. The molecule has 3 unspecified atom stereocenters. The van der Waals surface area contributed by atoms with Crippen molar-refractivity contribution in [2.75, 3.05) is 6.54 Å². The molecule has 26 heavy (non-hydrogen) atoms. The number of aromatic nitrogens is 2. The predicted octanol–water partition coefficient (Wildman–Crippen LogP) is 3.13. The van der Waals surface area contributed by atoms with E-state index < -0.39 is 0 Å². The summed E-state index contributed by atoms with van der Waals surface area (Å²) < 4.78 is 13.2. The number of aromatic amines is 1. The Morgan fingerprint density at radius 2 is 2.08 bits per heavy atom. The number of hydrogen-bond donors (Lipinski definition) is 3. The average molecular weight is 403 g/mol. The van der Waals surface area contributed by atoms with E-state index in [-0.39, 0.29) is 42.6 Å². The minimum absolute atomic E-state index is 0. The lowest BCUT2D eigenvalue weighted by molar-refractivity contribution is -0.122. The molecule has 1 aromatic heterocycles. The molecule has 2 heterocycles. The van der Waals surface area contributed by atoms with Gasteiger partial charge in [-0.15, -0.1) is 24.8 Å². The molecule has 1 amide bonds. The van der Waals surface area contributed by atoms with Gasteiger partial charge in [-0.25, -0.2) is 9.37 Å². The first kappa shape index (κ1) is 20.9. The van der Waals surface area contributed by atoms with Crippen LogP contribution in [0.25, 0.3) is 11.0 Å². The summed E-state index contributed by atoms with van der Waals surface area (Å²) in [6.45, 7) is 0.536. The van der Waals surface area contributed by atoms with Crippen LogP contribution in [0, 0.1) is 11.7 Å². The largest absolute Gasteiger partial charge is 0.354 e.